The standard InChI is InChI=1S/C18H16O6/c1-9(2)23-11-4-3-10(14(20)8-11)7-15-16(21)12-5-6-13(19)17(22)18(12)24-15/h3-9,19-20,22H,1-2H3/b15-7+. The zero-order valence-electron chi connectivity index (χ0n) is 13.1. The van der Waals surface area contributed by atoms with E-state index in [1.54, 1.807) is 12.1 Å². The average Bonchev–Trinajstić information content (AvgIpc) is 2.82. The number of carbonyl (C=O) groups is 1. The Morgan fingerprint density at radius 2 is 1.83 bits per heavy atom. The third-order valence-electron chi connectivity index (χ3n) is 3.45. The lowest BCUT2D eigenvalue weighted by atomic mass is 10.1. The molecular formula is C18H16O6. The van der Waals surface area contributed by atoms with Gasteiger partial charge in [-0.2, -0.15) is 0 Å². The van der Waals surface area contributed by atoms with Gasteiger partial charge in [-0.05, 0) is 44.2 Å². The first kappa shape index (κ1) is 15.7. The van der Waals surface area contributed by atoms with Crippen LogP contribution in [0.25, 0.3) is 6.08 Å². The van der Waals surface area contributed by atoms with Crippen LogP contribution >= 0.6 is 0 Å². The summed E-state index contributed by atoms with van der Waals surface area (Å²) in [7, 11) is 0. The summed E-state index contributed by atoms with van der Waals surface area (Å²) in [5.74, 6) is -1.02. The molecule has 0 saturated carbocycles. The van der Waals surface area contributed by atoms with Crippen molar-refractivity contribution in [2.45, 2.75) is 20.0 Å². The Labute approximate surface area is 138 Å². The first-order chi connectivity index (χ1) is 11.4. The highest BCUT2D eigenvalue weighted by Crippen LogP contribution is 2.44. The number of benzene rings is 2. The second-order valence-electron chi connectivity index (χ2n) is 5.64. The predicted octanol–water partition coefficient (Wildman–Crippen LogP) is 3.21. The zero-order valence-corrected chi connectivity index (χ0v) is 13.1. The maximum absolute atomic E-state index is 12.3. The zero-order chi connectivity index (χ0) is 17.4. The van der Waals surface area contributed by atoms with E-state index < -0.39 is 11.5 Å². The number of fused-ring (bicyclic) bond motifs is 1. The van der Waals surface area contributed by atoms with E-state index in [4.69, 9.17) is 9.47 Å². The van der Waals surface area contributed by atoms with Gasteiger partial charge in [0.1, 0.15) is 11.5 Å². The van der Waals surface area contributed by atoms with Gasteiger partial charge in [-0.1, -0.05) is 0 Å². The summed E-state index contributed by atoms with van der Waals surface area (Å²) in [6, 6.07) is 7.29. The number of Topliss-reactive ketones (excluding diaryl/α,β-unsaturated/α-hetero) is 1. The normalized spacial score (nSPS) is 14.8. The van der Waals surface area contributed by atoms with Gasteiger partial charge in [0.25, 0.3) is 0 Å². The molecule has 1 aliphatic rings. The summed E-state index contributed by atoms with van der Waals surface area (Å²) in [5, 5.41) is 29.3. The Balaban J connectivity index is 1.93. The molecule has 124 valence electrons. The predicted molar refractivity (Wildman–Crippen MR) is 86.6 cm³/mol. The number of ether oxygens (including phenoxy) is 2. The van der Waals surface area contributed by atoms with E-state index >= 15 is 0 Å². The molecule has 6 nitrogen and oxygen atoms in total. The first-order valence-electron chi connectivity index (χ1n) is 7.35. The number of hydrogen-bond acceptors (Lipinski definition) is 6. The molecule has 0 fully saturated rings. The monoisotopic (exact) mass is 328 g/mol. The highest BCUT2D eigenvalue weighted by atomic mass is 16.5. The number of phenolic OH excluding ortho intramolecular Hbond substituents is 3. The van der Waals surface area contributed by atoms with Crippen molar-refractivity contribution in [2.24, 2.45) is 0 Å². The van der Waals surface area contributed by atoms with Crippen LogP contribution in [0, 0.1) is 0 Å². The van der Waals surface area contributed by atoms with Crippen molar-refractivity contribution in [3.63, 3.8) is 0 Å². The summed E-state index contributed by atoms with van der Waals surface area (Å²) >= 11 is 0. The fraction of sp³-hybridized carbons (Fsp3) is 0.167. The van der Waals surface area contributed by atoms with E-state index in [1.807, 2.05) is 13.8 Å². The summed E-state index contributed by atoms with van der Waals surface area (Å²) in [5.41, 5.74) is 0.516. The van der Waals surface area contributed by atoms with Gasteiger partial charge in [-0.15, -0.1) is 0 Å². The molecule has 24 heavy (non-hydrogen) atoms. The fourth-order valence-corrected chi connectivity index (χ4v) is 2.36. The van der Waals surface area contributed by atoms with Crippen LogP contribution < -0.4 is 9.47 Å². The number of ketones is 1. The lowest BCUT2D eigenvalue weighted by molar-refractivity contribution is 0.101. The Bertz CT molecular complexity index is 851. The molecule has 3 N–H and O–H groups in total. The topological polar surface area (TPSA) is 96.2 Å². The number of carbonyl (C=O) groups excluding carboxylic acids is 1. The maximum Gasteiger partial charge on any atom is 0.232 e. The minimum Gasteiger partial charge on any atom is -0.507 e. The summed E-state index contributed by atoms with van der Waals surface area (Å²) in [6.45, 7) is 3.74. The molecule has 2 aromatic carbocycles. The summed E-state index contributed by atoms with van der Waals surface area (Å²) in [4.78, 5) is 12.3. The number of phenols is 3. The average molecular weight is 328 g/mol. The van der Waals surface area contributed by atoms with E-state index in [2.05, 4.69) is 0 Å². The van der Waals surface area contributed by atoms with Crippen LogP contribution in [0.15, 0.2) is 36.1 Å². The van der Waals surface area contributed by atoms with E-state index in [1.165, 1.54) is 24.3 Å². The molecule has 1 aliphatic heterocycles. The Morgan fingerprint density at radius 1 is 1.08 bits per heavy atom. The van der Waals surface area contributed by atoms with Crippen molar-refractivity contribution < 1.29 is 29.6 Å². The molecular weight excluding hydrogens is 312 g/mol. The van der Waals surface area contributed by atoms with E-state index in [9.17, 15) is 20.1 Å². The highest BCUT2D eigenvalue weighted by molar-refractivity contribution is 6.15. The van der Waals surface area contributed by atoms with Crippen molar-refractivity contribution >= 4 is 11.9 Å². The maximum atomic E-state index is 12.3. The largest absolute Gasteiger partial charge is 0.507 e. The van der Waals surface area contributed by atoms with Crippen molar-refractivity contribution in [2.75, 3.05) is 0 Å². The van der Waals surface area contributed by atoms with Crippen LogP contribution in [0.1, 0.15) is 29.8 Å². The smallest absolute Gasteiger partial charge is 0.232 e. The van der Waals surface area contributed by atoms with Crippen molar-refractivity contribution in [3.8, 4) is 28.7 Å². The fourth-order valence-electron chi connectivity index (χ4n) is 2.36. The molecule has 3 rings (SSSR count). The highest BCUT2D eigenvalue weighted by Gasteiger charge is 2.31. The van der Waals surface area contributed by atoms with Crippen molar-refractivity contribution in [3.05, 3.63) is 47.2 Å². The molecule has 0 radical (unpaired) electrons. The summed E-state index contributed by atoms with van der Waals surface area (Å²) < 4.78 is 10.8. The van der Waals surface area contributed by atoms with E-state index in [0.717, 1.165) is 0 Å². The molecule has 0 aliphatic carbocycles. The number of allylic oxidation sites excluding steroid dienone is 1. The Hall–Kier alpha value is -3.15. The molecule has 0 atom stereocenters. The third kappa shape index (κ3) is 2.74. The minimum atomic E-state index is -0.492. The van der Waals surface area contributed by atoms with Crippen LogP contribution in [0.2, 0.25) is 0 Å². The quantitative estimate of drug-likeness (QED) is 0.591. The van der Waals surface area contributed by atoms with Gasteiger partial charge in [-0.3, -0.25) is 4.79 Å². The lowest BCUT2D eigenvalue weighted by Gasteiger charge is -2.10. The molecule has 0 saturated heterocycles. The molecule has 0 spiro atoms. The van der Waals surface area contributed by atoms with Gasteiger partial charge in [-0.25, -0.2) is 0 Å². The second kappa shape index (κ2) is 5.81. The van der Waals surface area contributed by atoms with Crippen LogP contribution in [0.3, 0.4) is 0 Å². The van der Waals surface area contributed by atoms with Gasteiger partial charge in [0, 0.05) is 11.6 Å². The van der Waals surface area contributed by atoms with Crippen LogP contribution in [0.5, 0.6) is 28.7 Å². The van der Waals surface area contributed by atoms with Gasteiger partial charge >= 0.3 is 0 Å². The number of rotatable bonds is 3. The summed E-state index contributed by atoms with van der Waals surface area (Å²) in [6.07, 6.45) is 1.34. The Kier molecular flexibility index (Phi) is 3.81. The minimum absolute atomic E-state index is 0.0292. The van der Waals surface area contributed by atoms with E-state index in [0.29, 0.717) is 11.3 Å². The van der Waals surface area contributed by atoms with E-state index in [-0.39, 0.29) is 34.7 Å². The molecule has 2 aromatic rings. The Morgan fingerprint density at radius 3 is 2.50 bits per heavy atom. The first-order valence-corrected chi connectivity index (χ1v) is 7.35. The SMILES string of the molecule is CC(C)Oc1ccc(/C=C2/Oc3c(ccc(O)c3O)C2=O)c(O)c1. The third-order valence-corrected chi connectivity index (χ3v) is 3.45. The van der Waals surface area contributed by atoms with Gasteiger partial charge in [0.2, 0.25) is 11.5 Å². The van der Waals surface area contributed by atoms with Crippen LogP contribution in [-0.2, 0) is 0 Å². The molecule has 0 unspecified atom stereocenters. The van der Waals surface area contributed by atoms with Gasteiger partial charge in [0.05, 0.1) is 11.7 Å². The molecule has 0 bridgehead atoms. The molecule has 1 heterocycles. The molecule has 0 aromatic heterocycles. The number of aromatic hydroxyl groups is 3. The van der Waals surface area contributed by atoms with Gasteiger partial charge < -0.3 is 24.8 Å². The lowest BCUT2D eigenvalue weighted by Crippen LogP contribution is -2.05. The molecule has 6 heteroatoms. The van der Waals surface area contributed by atoms with Gasteiger partial charge in [0.15, 0.2) is 17.3 Å². The van der Waals surface area contributed by atoms with Crippen LogP contribution in [-0.4, -0.2) is 27.2 Å². The second-order valence-corrected chi connectivity index (χ2v) is 5.64. The van der Waals surface area contributed by atoms with Crippen molar-refractivity contribution in [1.82, 2.24) is 0 Å². The molecule has 0 amide bonds. The van der Waals surface area contributed by atoms with Crippen LogP contribution in [0.4, 0.5) is 0 Å². The van der Waals surface area contributed by atoms with Crippen molar-refractivity contribution in [1.29, 1.82) is 0 Å². The number of hydrogen-bond donors (Lipinski definition) is 3.